The zero-order valence-electron chi connectivity index (χ0n) is 12.0. The standard InChI is InChI=1S/C18H17NO2/c1-13-7-5-11-15-16(13)19(18(21)17(15)20)12-6-10-14-8-3-2-4-9-14/h2-5,7-9,11H,6,10,12H2,1H3. The average Bonchev–Trinajstić information content (AvgIpc) is 2.75. The number of hydrogen-bond donors (Lipinski definition) is 0. The third-order valence-electron chi connectivity index (χ3n) is 3.88. The molecule has 0 aliphatic carbocycles. The van der Waals surface area contributed by atoms with Crippen LogP contribution >= 0.6 is 0 Å². The third-order valence-corrected chi connectivity index (χ3v) is 3.88. The van der Waals surface area contributed by atoms with Gasteiger partial charge in [0.15, 0.2) is 0 Å². The summed E-state index contributed by atoms with van der Waals surface area (Å²) < 4.78 is 0. The van der Waals surface area contributed by atoms with E-state index in [1.165, 1.54) is 5.56 Å². The number of carbonyl (C=O) groups excluding carboxylic acids is 2. The number of rotatable bonds is 4. The van der Waals surface area contributed by atoms with Crippen molar-refractivity contribution < 1.29 is 9.59 Å². The van der Waals surface area contributed by atoms with Crippen molar-refractivity contribution >= 4 is 17.4 Å². The maximum Gasteiger partial charge on any atom is 0.299 e. The fourth-order valence-corrected chi connectivity index (χ4v) is 2.84. The summed E-state index contributed by atoms with van der Waals surface area (Å²) in [6.07, 6.45) is 1.75. The second-order valence-corrected chi connectivity index (χ2v) is 5.35. The highest BCUT2D eigenvalue weighted by atomic mass is 16.2. The second kappa shape index (κ2) is 5.52. The van der Waals surface area contributed by atoms with Crippen LogP contribution in [0.2, 0.25) is 0 Å². The topological polar surface area (TPSA) is 37.4 Å². The number of ketones is 1. The van der Waals surface area contributed by atoms with Crippen LogP contribution in [0.15, 0.2) is 48.5 Å². The largest absolute Gasteiger partial charge is 0.304 e. The Morgan fingerprint density at radius 2 is 1.71 bits per heavy atom. The van der Waals surface area contributed by atoms with Crippen molar-refractivity contribution in [1.29, 1.82) is 0 Å². The van der Waals surface area contributed by atoms with Gasteiger partial charge in [-0.2, -0.15) is 0 Å². The van der Waals surface area contributed by atoms with Crippen molar-refractivity contribution in [3.05, 3.63) is 65.2 Å². The number of nitrogens with zero attached hydrogens (tertiary/aromatic N) is 1. The predicted octanol–water partition coefficient (Wildman–Crippen LogP) is 3.16. The van der Waals surface area contributed by atoms with Gasteiger partial charge in [0, 0.05) is 6.54 Å². The van der Waals surface area contributed by atoms with Crippen molar-refractivity contribution in [1.82, 2.24) is 0 Å². The Balaban J connectivity index is 1.75. The molecule has 3 rings (SSSR count). The molecule has 1 aliphatic heterocycles. The molecule has 0 N–H and O–H groups in total. The summed E-state index contributed by atoms with van der Waals surface area (Å²) >= 11 is 0. The van der Waals surface area contributed by atoms with Crippen LogP contribution in [0.1, 0.15) is 27.9 Å². The Labute approximate surface area is 124 Å². The monoisotopic (exact) mass is 279 g/mol. The molecule has 0 saturated carbocycles. The van der Waals surface area contributed by atoms with Crippen LogP contribution in [-0.2, 0) is 11.2 Å². The van der Waals surface area contributed by atoms with E-state index in [9.17, 15) is 9.59 Å². The Bertz CT molecular complexity index is 692. The first-order valence-electron chi connectivity index (χ1n) is 7.18. The zero-order valence-corrected chi connectivity index (χ0v) is 12.0. The van der Waals surface area contributed by atoms with Crippen LogP contribution in [0.3, 0.4) is 0 Å². The Hall–Kier alpha value is -2.42. The molecule has 0 aromatic heterocycles. The number of carbonyl (C=O) groups is 2. The molecule has 0 radical (unpaired) electrons. The van der Waals surface area contributed by atoms with Gasteiger partial charge < -0.3 is 4.90 Å². The van der Waals surface area contributed by atoms with E-state index in [0.29, 0.717) is 12.1 Å². The van der Waals surface area contributed by atoms with Crippen molar-refractivity contribution in [3.8, 4) is 0 Å². The number of fused-ring (bicyclic) bond motifs is 1. The van der Waals surface area contributed by atoms with Crippen molar-refractivity contribution in [2.24, 2.45) is 0 Å². The Morgan fingerprint density at radius 1 is 0.952 bits per heavy atom. The van der Waals surface area contributed by atoms with Crippen LogP contribution in [0, 0.1) is 6.92 Å². The van der Waals surface area contributed by atoms with E-state index in [1.54, 1.807) is 11.0 Å². The average molecular weight is 279 g/mol. The molecule has 0 spiro atoms. The van der Waals surface area contributed by atoms with Crippen LogP contribution in [0.4, 0.5) is 5.69 Å². The lowest BCUT2D eigenvalue weighted by Gasteiger charge is -2.18. The first-order chi connectivity index (χ1) is 10.2. The summed E-state index contributed by atoms with van der Waals surface area (Å²) in [7, 11) is 0. The molecule has 1 amide bonds. The second-order valence-electron chi connectivity index (χ2n) is 5.35. The van der Waals surface area contributed by atoms with Gasteiger partial charge in [-0.25, -0.2) is 0 Å². The Morgan fingerprint density at radius 3 is 2.48 bits per heavy atom. The first-order valence-corrected chi connectivity index (χ1v) is 7.18. The SMILES string of the molecule is Cc1cccc2c1N(CCCc1ccccc1)C(=O)C2=O. The highest BCUT2D eigenvalue weighted by Crippen LogP contribution is 2.32. The van der Waals surface area contributed by atoms with E-state index in [0.717, 1.165) is 24.1 Å². The van der Waals surface area contributed by atoms with Gasteiger partial charge in [0.25, 0.3) is 11.7 Å². The van der Waals surface area contributed by atoms with E-state index >= 15 is 0 Å². The number of hydrogen-bond acceptors (Lipinski definition) is 2. The van der Waals surface area contributed by atoms with Crippen LogP contribution in [0.5, 0.6) is 0 Å². The van der Waals surface area contributed by atoms with E-state index in [4.69, 9.17) is 0 Å². The van der Waals surface area contributed by atoms with Gasteiger partial charge in [0.2, 0.25) is 0 Å². The van der Waals surface area contributed by atoms with Gasteiger partial charge in [0.1, 0.15) is 0 Å². The molecule has 3 nitrogen and oxygen atoms in total. The maximum absolute atomic E-state index is 12.1. The van der Waals surface area contributed by atoms with Gasteiger partial charge in [-0.15, -0.1) is 0 Å². The van der Waals surface area contributed by atoms with E-state index in [-0.39, 0.29) is 5.78 Å². The molecule has 2 aromatic rings. The van der Waals surface area contributed by atoms with Gasteiger partial charge in [-0.1, -0.05) is 42.5 Å². The van der Waals surface area contributed by atoms with Crippen LogP contribution in [-0.4, -0.2) is 18.2 Å². The Kier molecular flexibility index (Phi) is 3.57. The fraction of sp³-hybridized carbons (Fsp3) is 0.222. The van der Waals surface area contributed by atoms with E-state index in [2.05, 4.69) is 12.1 Å². The molecule has 1 heterocycles. The molecular formula is C18H17NO2. The highest BCUT2D eigenvalue weighted by Gasteiger charge is 2.36. The smallest absolute Gasteiger partial charge is 0.299 e. The lowest BCUT2D eigenvalue weighted by molar-refractivity contribution is -0.114. The minimum Gasteiger partial charge on any atom is -0.304 e. The zero-order chi connectivity index (χ0) is 14.8. The first kappa shape index (κ1) is 13.6. The number of benzene rings is 2. The molecule has 0 atom stereocenters. The fourth-order valence-electron chi connectivity index (χ4n) is 2.84. The molecule has 3 heteroatoms. The summed E-state index contributed by atoms with van der Waals surface area (Å²) in [5.74, 6) is -0.777. The molecule has 1 aliphatic rings. The van der Waals surface area contributed by atoms with Crippen LogP contribution < -0.4 is 4.90 Å². The highest BCUT2D eigenvalue weighted by molar-refractivity contribution is 6.52. The van der Waals surface area contributed by atoms with Crippen molar-refractivity contribution in [2.45, 2.75) is 19.8 Å². The number of para-hydroxylation sites is 1. The number of Topliss-reactive ketones (excluding diaryl/α,β-unsaturated/α-hetero) is 1. The molecule has 2 aromatic carbocycles. The lowest BCUT2D eigenvalue weighted by Crippen LogP contribution is -2.31. The summed E-state index contributed by atoms with van der Waals surface area (Å²) in [6.45, 7) is 2.52. The quantitative estimate of drug-likeness (QED) is 0.806. The molecule has 106 valence electrons. The normalized spacial score (nSPS) is 13.7. The minimum absolute atomic E-state index is 0.381. The predicted molar refractivity (Wildman–Crippen MR) is 82.6 cm³/mol. The molecular weight excluding hydrogens is 262 g/mol. The van der Waals surface area contributed by atoms with Gasteiger partial charge in [-0.05, 0) is 37.0 Å². The number of aryl methyl sites for hydroxylation is 2. The lowest BCUT2D eigenvalue weighted by atomic mass is 10.1. The van der Waals surface area contributed by atoms with Gasteiger partial charge in [0.05, 0.1) is 11.3 Å². The third kappa shape index (κ3) is 2.47. The molecule has 21 heavy (non-hydrogen) atoms. The molecule has 0 bridgehead atoms. The van der Waals surface area contributed by atoms with Crippen molar-refractivity contribution in [3.63, 3.8) is 0 Å². The van der Waals surface area contributed by atoms with E-state index < -0.39 is 5.91 Å². The van der Waals surface area contributed by atoms with Crippen molar-refractivity contribution in [2.75, 3.05) is 11.4 Å². The van der Waals surface area contributed by atoms with E-state index in [1.807, 2.05) is 37.3 Å². The molecule has 0 saturated heterocycles. The summed E-state index contributed by atoms with van der Waals surface area (Å²) in [6, 6.07) is 15.7. The summed E-state index contributed by atoms with van der Waals surface area (Å²) in [4.78, 5) is 25.8. The number of amides is 1. The molecule has 0 unspecified atom stereocenters. The van der Waals surface area contributed by atoms with Crippen LogP contribution in [0.25, 0.3) is 0 Å². The summed E-state index contributed by atoms with van der Waals surface area (Å²) in [5.41, 5.74) is 3.56. The maximum atomic E-state index is 12.1. The molecule has 0 fully saturated rings. The minimum atomic E-state index is -0.396. The van der Waals surface area contributed by atoms with Gasteiger partial charge in [-0.3, -0.25) is 9.59 Å². The van der Waals surface area contributed by atoms with Gasteiger partial charge >= 0.3 is 0 Å². The summed E-state index contributed by atoms with van der Waals surface area (Å²) in [5, 5.41) is 0. The number of anilines is 1.